The minimum absolute atomic E-state index is 0.592. The number of hydrogen-bond donors (Lipinski definition) is 2. The molecule has 0 aliphatic carbocycles. The van der Waals surface area contributed by atoms with Crippen LogP contribution < -0.4 is 15.4 Å². The van der Waals surface area contributed by atoms with E-state index in [-0.39, 0.29) is 0 Å². The smallest absolute Gasteiger partial charge is 0.218 e. The predicted octanol–water partition coefficient (Wildman–Crippen LogP) is 4.32. The van der Waals surface area contributed by atoms with Crippen molar-refractivity contribution in [1.82, 2.24) is 10.2 Å². The molecule has 0 atom stereocenters. The van der Waals surface area contributed by atoms with Gasteiger partial charge in [-0.15, -0.1) is 16.9 Å². The van der Waals surface area contributed by atoms with Crippen molar-refractivity contribution >= 4 is 29.6 Å². The Morgan fingerprint density at radius 3 is 2.62 bits per heavy atom. The highest BCUT2D eigenvalue weighted by molar-refractivity contribution is 7.99. The Bertz CT molecular complexity index is 855. The molecular formula is C26H37N5O2S. The van der Waals surface area contributed by atoms with Gasteiger partial charge in [-0.3, -0.25) is 5.32 Å². The van der Waals surface area contributed by atoms with E-state index in [2.05, 4.69) is 37.9 Å². The second-order valence-electron chi connectivity index (χ2n) is 8.03. The van der Waals surface area contributed by atoms with Crippen LogP contribution in [0.15, 0.2) is 64.8 Å². The zero-order valence-electron chi connectivity index (χ0n) is 20.1. The summed E-state index contributed by atoms with van der Waals surface area (Å²) < 4.78 is 11.0. The molecule has 1 fully saturated rings. The van der Waals surface area contributed by atoms with E-state index in [4.69, 9.17) is 9.47 Å². The van der Waals surface area contributed by atoms with Crippen molar-refractivity contribution in [2.24, 2.45) is 10.2 Å². The van der Waals surface area contributed by atoms with Crippen LogP contribution in [0, 0.1) is 0 Å². The summed E-state index contributed by atoms with van der Waals surface area (Å²) in [5.74, 6) is 2.98. The monoisotopic (exact) mass is 483 g/mol. The van der Waals surface area contributed by atoms with Crippen LogP contribution in [0.4, 0.5) is 5.69 Å². The summed E-state index contributed by atoms with van der Waals surface area (Å²) >= 11 is 1.70. The number of hydrogen-bond acceptors (Lipinski definition) is 8. The maximum Gasteiger partial charge on any atom is 0.218 e. The van der Waals surface area contributed by atoms with E-state index in [9.17, 15) is 0 Å². The third-order valence-electron chi connectivity index (χ3n) is 5.46. The summed E-state index contributed by atoms with van der Waals surface area (Å²) in [4.78, 5) is 2.54. The lowest BCUT2D eigenvalue weighted by atomic mass is 10.1. The normalized spacial score (nSPS) is 14.9. The van der Waals surface area contributed by atoms with Crippen LogP contribution in [0.2, 0.25) is 0 Å². The molecule has 2 aromatic rings. The molecule has 3 rings (SSSR count). The Labute approximate surface area is 208 Å². The van der Waals surface area contributed by atoms with E-state index >= 15 is 0 Å². The molecule has 0 bridgehead atoms. The van der Waals surface area contributed by atoms with Gasteiger partial charge in [0.2, 0.25) is 5.90 Å². The Kier molecular flexibility index (Phi) is 12.4. The van der Waals surface area contributed by atoms with E-state index < -0.39 is 0 Å². The maximum absolute atomic E-state index is 5.69. The van der Waals surface area contributed by atoms with Gasteiger partial charge in [0.05, 0.1) is 32.4 Å². The van der Waals surface area contributed by atoms with Crippen molar-refractivity contribution in [3.8, 4) is 5.75 Å². The number of methoxy groups -OCH3 is 1. The van der Waals surface area contributed by atoms with Gasteiger partial charge in [0, 0.05) is 24.5 Å². The van der Waals surface area contributed by atoms with Crippen LogP contribution in [0.1, 0.15) is 24.8 Å². The molecule has 1 aliphatic heterocycles. The first-order chi connectivity index (χ1) is 16.8. The van der Waals surface area contributed by atoms with E-state index in [0.29, 0.717) is 18.3 Å². The van der Waals surface area contributed by atoms with Crippen molar-refractivity contribution < 1.29 is 9.47 Å². The summed E-state index contributed by atoms with van der Waals surface area (Å²) in [6, 6.07) is 18.0. The second kappa shape index (κ2) is 16.1. The molecule has 0 amide bonds. The number of anilines is 1. The van der Waals surface area contributed by atoms with Crippen LogP contribution in [0.3, 0.4) is 0 Å². The quantitative estimate of drug-likeness (QED) is 0.137. The second-order valence-corrected chi connectivity index (χ2v) is 9.14. The Balaban J connectivity index is 1.28. The third-order valence-corrected chi connectivity index (χ3v) is 6.36. The lowest BCUT2D eigenvalue weighted by molar-refractivity contribution is 0.230. The van der Waals surface area contributed by atoms with Gasteiger partial charge < -0.3 is 19.7 Å². The summed E-state index contributed by atoms with van der Waals surface area (Å²) in [5, 5.41) is 15.2. The van der Waals surface area contributed by atoms with E-state index in [1.165, 1.54) is 32.4 Å². The highest BCUT2D eigenvalue weighted by atomic mass is 32.2. The van der Waals surface area contributed by atoms with Crippen LogP contribution >= 0.6 is 11.8 Å². The summed E-state index contributed by atoms with van der Waals surface area (Å²) in [6.07, 6.45) is 5.81. The summed E-state index contributed by atoms with van der Waals surface area (Å²) in [6.45, 7) is 6.03. The average Bonchev–Trinajstić information content (AvgIpc) is 2.89. The zero-order valence-corrected chi connectivity index (χ0v) is 20.9. The number of likely N-dealkylation sites (tertiary alicyclic amines) is 1. The molecular weight excluding hydrogens is 446 g/mol. The van der Waals surface area contributed by atoms with Gasteiger partial charge in [-0.25, -0.2) is 0 Å². The van der Waals surface area contributed by atoms with Crippen LogP contribution in [0.5, 0.6) is 5.75 Å². The van der Waals surface area contributed by atoms with Gasteiger partial charge in [0.25, 0.3) is 0 Å². The lowest BCUT2D eigenvalue weighted by Crippen LogP contribution is -2.37. The first-order valence-corrected chi connectivity index (χ1v) is 13.2. The molecule has 1 heterocycles. The first kappa shape index (κ1) is 26.1. The van der Waals surface area contributed by atoms with Crippen molar-refractivity contribution in [1.29, 1.82) is 0 Å². The third kappa shape index (κ3) is 10.6. The lowest BCUT2D eigenvalue weighted by Gasteiger charge is -2.26. The molecule has 34 heavy (non-hydrogen) atoms. The minimum atomic E-state index is 0.592. The van der Waals surface area contributed by atoms with Gasteiger partial charge in [0.15, 0.2) is 0 Å². The standard InChI is InChI=1S/C26H37N5O2S/c1-32-26(21-34-19-18-33-25-8-4-2-5-9-25)30-29-20-23-10-12-24(13-11-23)28-22-27-14-17-31-15-6-3-7-16-31/h2,4-5,8-13,20,27-28H,3,6-7,14-19,21-22H2,1H3/b29-20+,30-26-. The van der Waals surface area contributed by atoms with Crippen LogP contribution in [-0.4, -0.2) is 75.1 Å². The van der Waals surface area contributed by atoms with E-state index in [1.54, 1.807) is 25.1 Å². The molecule has 184 valence electrons. The number of nitrogens with one attached hydrogen (secondary N) is 2. The molecule has 1 aliphatic rings. The molecule has 2 N–H and O–H groups in total. The van der Waals surface area contributed by atoms with Crippen molar-refractivity contribution in [3.05, 3.63) is 60.2 Å². The first-order valence-electron chi connectivity index (χ1n) is 12.0. The molecule has 1 saturated heterocycles. The van der Waals surface area contributed by atoms with Crippen molar-refractivity contribution in [2.45, 2.75) is 19.3 Å². The Hall–Kier alpha value is -2.55. The minimum Gasteiger partial charge on any atom is -0.493 e. The molecule has 0 aromatic heterocycles. The number of para-hydroxylation sites is 1. The Morgan fingerprint density at radius 2 is 1.85 bits per heavy atom. The number of piperidine rings is 1. The molecule has 0 spiro atoms. The fourth-order valence-electron chi connectivity index (χ4n) is 3.54. The van der Waals surface area contributed by atoms with Gasteiger partial charge in [-0.05, 0) is 55.8 Å². The van der Waals surface area contributed by atoms with E-state index in [0.717, 1.165) is 42.5 Å². The number of nitrogens with zero attached hydrogens (tertiary/aromatic N) is 3. The SMILES string of the molecule is CO/C(CSCCOc1ccccc1)=N\N=C\c1ccc(NCNCCN2CCCCC2)cc1. The molecule has 2 aromatic carbocycles. The zero-order chi connectivity index (χ0) is 23.7. The molecule has 8 heteroatoms. The Morgan fingerprint density at radius 1 is 1.06 bits per heavy atom. The highest BCUT2D eigenvalue weighted by Gasteiger charge is 2.08. The number of thioether (sulfide) groups is 1. The van der Waals surface area contributed by atoms with Crippen LogP contribution in [0.25, 0.3) is 0 Å². The maximum atomic E-state index is 5.69. The molecule has 0 unspecified atom stereocenters. The highest BCUT2D eigenvalue weighted by Crippen LogP contribution is 2.11. The van der Waals surface area contributed by atoms with Crippen LogP contribution in [-0.2, 0) is 4.74 Å². The van der Waals surface area contributed by atoms with Crippen molar-refractivity contribution in [3.63, 3.8) is 0 Å². The van der Waals surface area contributed by atoms with E-state index in [1.807, 2.05) is 42.5 Å². The molecule has 0 saturated carbocycles. The molecule has 7 nitrogen and oxygen atoms in total. The summed E-state index contributed by atoms with van der Waals surface area (Å²) in [5.41, 5.74) is 2.07. The number of benzene rings is 2. The fourth-order valence-corrected chi connectivity index (χ4v) is 4.24. The largest absolute Gasteiger partial charge is 0.493 e. The average molecular weight is 484 g/mol. The fraction of sp³-hybridized carbons (Fsp3) is 0.462. The predicted molar refractivity (Wildman–Crippen MR) is 145 cm³/mol. The molecule has 0 radical (unpaired) electrons. The van der Waals surface area contributed by atoms with Gasteiger partial charge in [0.1, 0.15) is 5.75 Å². The number of ether oxygens (including phenoxy) is 2. The van der Waals surface area contributed by atoms with Crippen molar-refractivity contribution in [2.75, 3.05) is 63.4 Å². The van der Waals surface area contributed by atoms with Gasteiger partial charge in [-0.1, -0.05) is 36.8 Å². The number of rotatable bonds is 14. The topological polar surface area (TPSA) is 70.5 Å². The van der Waals surface area contributed by atoms with Gasteiger partial charge in [-0.2, -0.15) is 5.10 Å². The summed E-state index contributed by atoms with van der Waals surface area (Å²) in [7, 11) is 1.62. The van der Waals surface area contributed by atoms with Gasteiger partial charge >= 0.3 is 0 Å².